The van der Waals surface area contributed by atoms with Crippen LogP contribution in [0.1, 0.15) is 131 Å². The van der Waals surface area contributed by atoms with Crippen molar-refractivity contribution >= 4 is 51.9 Å². The van der Waals surface area contributed by atoms with Crippen molar-refractivity contribution < 1.29 is 48.5 Å². The molecule has 0 aliphatic heterocycles. The van der Waals surface area contributed by atoms with E-state index in [2.05, 4.69) is 5.32 Å². The highest BCUT2D eigenvalue weighted by Gasteiger charge is 2.36. The number of hydroxylamine groups is 1. The Morgan fingerprint density at radius 1 is 0.405 bits per heavy atom. The van der Waals surface area contributed by atoms with Crippen molar-refractivity contribution in [3.8, 4) is 0 Å². The van der Waals surface area contributed by atoms with Crippen molar-refractivity contribution in [3.05, 3.63) is 115 Å². The molecule has 2 amide bonds. The Labute approximate surface area is 472 Å². The van der Waals surface area contributed by atoms with Gasteiger partial charge in [-0.1, -0.05) is 70.8 Å². The summed E-state index contributed by atoms with van der Waals surface area (Å²) in [5.74, 6) is -0.605. The molecule has 21 heteroatoms. The Bertz CT molecular complexity index is 3210. The Balaban J connectivity index is 1.45. The topological polar surface area (TPSA) is 228 Å². The van der Waals surface area contributed by atoms with Crippen LogP contribution >= 0.6 is 0 Å². The Hall–Kier alpha value is -4.58. The monoisotopic (exact) mass is 1170 g/mol. The minimum Gasteiger partial charge on any atom is -0.356 e. The van der Waals surface area contributed by atoms with Gasteiger partial charge < -0.3 is 5.32 Å². The predicted octanol–water partition coefficient (Wildman–Crippen LogP) is 8.60. The molecule has 17 nitrogen and oxygen atoms in total. The van der Waals surface area contributed by atoms with Crippen molar-refractivity contribution in [2.75, 3.05) is 58.9 Å². The molecule has 0 spiro atoms. The fraction of sp³-hybridized carbons (Fsp3) is 0.552. The Kier molecular flexibility index (Phi) is 23.1. The molecular formula is C58H86N6O11S4. The molecule has 1 fully saturated rings. The zero-order valence-corrected chi connectivity index (χ0v) is 51.8. The minimum absolute atomic E-state index is 0.00323. The van der Waals surface area contributed by atoms with Crippen LogP contribution in [0.15, 0.2) is 68.1 Å². The van der Waals surface area contributed by atoms with Gasteiger partial charge in [-0.3, -0.25) is 14.8 Å². The molecular weight excluding hydrogens is 1080 g/mol. The fourth-order valence-electron chi connectivity index (χ4n) is 11.2. The molecule has 1 saturated carbocycles. The molecule has 0 aromatic heterocycles. The maximum Gasteiger partial charge on any atom is 0.243 e. The molecule has 4 aromatic carbocycles. The quantitative estimate of drug-likeness (QED) is 0.0246. The molecule has 4 aromatic rings. The summed E-state index contributed by atoms with van der Waals surface area (Å²) >= 11 is 0. The van der Waals surface area contributed by atoms with E-state index in [9.17, 15) is 26.4 Å². The third-order valence-electron chi connectivity index (χ3n) is 14.5. The molecule has 3 N–H and O–H groups in total. The number of amides is 2. The lowest BCUT2D eigenvalue weighted by Gasteiger charge is -2.29. The summed E-state index contributed by atoms with van der Waals surface area (Å²) in [6.07, 6.45) is 3.35. The van der Waals surface area contributed by atoms with Crippen LogP contribution in [0.3, 0.4) is 0 Å². The van der Waals surface area contributed by atoms with Gasteiger partial charge in [-0.2, -0.15) is 17.2 Å². The number of sulfonamides is 4. The van der Waals surface area contributed by atoms with E-state index in [1.807, 2.05) is 52.0 Å². The molecule has 438 valence electrons. The summed E-state index contributed by atoms with van der Waals surface area (Å²) in [7, 11) is -16.6. The first-order chi connectivity index (χ1) is 36.9. The zero-order chi connectivity index (χ0) is 58.8. The van der Waals surface area contributed by atoms with E-state index in [0.717, 1.165) is 35.1 Å². The van der Waals surface area contributed by atoms with Gasteiger partial charge in [0.15, 0.2) is 0 Å². The van der Waals surface area contributed by atoms with Crippen molar-refractivity contribution in [2.45, 2.75) is 167 Å². The van der Waals surface area contributed by atoms with Gasteiger partial charge in [0.25, 0.3) is 0 Å². The standard InChI is InChI=1S/C58H86N6O11S4/c1-40-31-44(5)55(45(6)32-40)76(68,69)61(24-15-23-59-53(65)19-13-14-20-54(66)60-67)25-16-26-62(77(70,71)56-46(7)33-41(2)34-47(56)8)27-17-28-63(78(72,73)57-48(9)35-42(3)36-49(57)10)29-18-30-64(39-52-21-22-52)79(74,75)58-50(11)37-43(4)38-51(58)12/h31-38,52,67H,13-30,39H2,1-12H3,(H,59,65)(H,60,66). The van der Waals surface area contributed by atoms with Gasteiger partial charge in [0.05, 0.1) is 19.6 Å². The first-order valence-corrected chi connectivity index (χ1v) is 33.2. The number of nitrogens with one attached hydrogen (secondary N) is 2. The van der Waals surface area contributed by atoms with Crippen LogP contribution in [-0.2, 0) is 49.7 Å². The van der Waals surface area contributed by atoms with E-state index in [1.165, 1.54) is 17.2 Å². The smallest absolute Gasteiger partial charge is 0.243 e. The number of hydrogen-bond acceptors (Lipinski definition) is 11. The molecule has 79 heavy (non-hydrogen) atoms. The molecule has 0 atom stereocenters. The van der Waals surface area contributed by atoms with Gasteiger partial charge in [0.2, 0.25) is 51.9 Å². The second kappa shape index (κ2) is 27.9. The van der Waals surface area contributed by atoms with Crippen molar-refractivity contribution in [1.29, 1.82) is 0 Å². The number of aryl methyl sites for hydroxylation is 12. The van der Waals surface area contributed by atoms with Gasteiger partial charge in [0.1, 0.15) is 0 Å². The normalized spacial score (nSPS) is 13.5. The van der Waals surface area contributed by atoms with Crippen LogP contribution in [-0.4, -0.2) is 127 Å². The van der Waals surface area contributed by atoms with E-state index < -0.39 is 46.0 Å². The molecule has 0 bridgehead atoms. The predicted molar refractivity (Wildman–Crippen MR) is 310 cm³/mol. The van der Waals surface area contributed by atoms with Crippen LogP contribution < -0.4 is 10.8 Å². The maximum absolute atomic E-state index is 15.1. The molecule has 1 aliphatic carbocycles. The van der Waals surface area contributed by atoms with E-state index in [4.69, 9.17) is 5.21 Å². The highest BCUT2D eigenvalue weighted by Crippen LogP contribution is 2.34. The summed E-state index contributed by atoms with van der Waals surface area (Å²) in [5.41, 5.74) is 9.77. The Morgan fingerprint density at radius 2 is 0.658 bits per heavy atom. The largest absolute Gasteiger partial charge is 0.356 e. The number of rotatable bonds is 31. The summed E-state index contributed by atoms with van der Waals surface area (Å²) in [4.78, 5) is 24.7. The SMILES string of the molecule is Cc1cc(C)c(S(=O)(=O)N(CCCNC(=O)CCCCC(=O)NO)CCCN(CCCN(CCCN(CC2CC2)S(=O)(=O)c2c(C)cc(C)cc2C)S(=O)(=O)c2c(C)cc(C)cc2C)S(=O)(=O)c2c(C)cc(C)cc2C)c(C)c1. The third kappa shape index (κ3) is 17.0. The zero-order valence-electron chi connectivity index (χ0n) is 48.6. The fourth-order valence-corrected chi connectivity index (χ4v) is 19.0. The first kappa shape index (κ1) is 65.2. The number of benzene rings is 4. The molecule has 0 radical (unpaired) electrons. The van der Waals surface area contributed by atoms with E-state index in [0.29, 0.717) is 63.9 Å². The lowest BCUT2D eigenvalue weighted by atomic mass is 10.1. The molecule has 0 unspecified atom stereocenters. The second-order valence-corrected chi connectivity index (χ2v) is 29.4. The van der Waals surface area contributed by atoms with Gasteiger partial charge in [0, 0.05) is 71.7 Å². The van der Waals surface area contributed by atoms with Crippen LogP contribution in [0.4, 0.5) is 0 Å². The lowest BCUT2D eigenvalue weighted by molar-refractivity contribution is -0.129. The summed E-state index contributed by atoms with van der Waals surface area (Å²) < 4.78 is 124. The second-order valence-electron chi connectivity index (χ2n) is 21.9. The average molecular weight is 1170 g/mol. The van der Waals surface area contributed by atoms with Crippen molar-refractivity contribution in [2.24, 2.45) is 5.92 Å². The van der Waals surface area contributed by atoms with E-state index >= 15 is 16.8 Å². The first-order valence-electron chi connectivity index (χ1n) is 27.4. The van der Waals surface area contributed by atoms with Crippen LogP contribution in [0.2, 0.25) is 0 Å². The third-order valence-corrected chi connectivity index (χ3v) is 23.3. The van der Waals surface area contributed by atoms with Crippen LogP contribution in [0.25, 0.3) is 0 Å². The Morgan fingerprint density at radius 3 is 0.937 bits per heavy atom. The van der Waals surface area contributed by atoms with Gasteiger partial charge in [-0.15, -0.1) is 0 Å². The highest BCUT2D eigenvalue weighted by molar-refractivity contribution is 7.90. The summed E-state index contributed by atoms with van der Waals surface area (Å²) in [6.45, 7) is 21.7. The molecule has 0 heterocycles. The molecule has 1 aliphatic rings. The summed E-state index contributed by atoms with van der Waals surface area (Å²) in [5, 5.41) is 11.6. The highest BCUT2D eigenvalue weighted by atomic mass is 32.2. The van der Waals surface area contributed by atoms with Crippen LogP contribution in [0, 0.1) is 89.0 Å². The van der Waals surface area contributed by atoms with Crippen molar-refractivity contribution in [1.82, 2.24) is 28.0 Å². The van der Waals surface area contributed by atoms with Crippen molar-refractivity contribution in [3.63, 3.8) is 0 Å². The average Bonchev–Trinajstić information content (AvgIpc) is 4.21. The van der Waals surface area contributed by atoms with E-state index in [-0.39, 0.29) is 122 Å². The molecule has 5 rings (SSSR count). The van der Waals surface area contributed by atoms with Crippen LogP contribution in [0.5, 0.6) is 0 Å². The number of nitrogens with zero attached hydrogens (tertiary/aromatic N) is 4. The van der Waals surface area contributed by atoms with E-state index in [1.54, 1.807) is 85.1 Å². The van der Waals surface area contributed by atoms with Gasteiger partial charge in [-0.05, 0) is 185 Å². The van der Waals surface area contributed by atoms with Gasteiger partial charge >= 0.3 is 0 Å². The molecule has 0 saturated heterocycles. The number of carbonyl (C=O) groups is 2. The van der Waals surface area contributed by atoms with Gasteiger partial charge in [-0.25, -0.2) is 39.2 Å². The number of carbonyl (C=O) groups excluding carboxylic acids is 2. The number of unbranched alkanes of at least 4 members (excludes halogenated alkanes) is 1. The minimum atomic E-state index is -4.28. The summed E-state index contributed by atoms with van der Waals surface area (Å²) in [6, 6.07) is 14.5. The lowest BCUT2D eigenvalue weighted by Crippen LogP contribution is -2.41. The maximum atomic E-state index is 15.1. The number of hydrogen-bond donors (Lipinski definition) is 3.